The molecule has 0 spiro atoms. The average Bonchev–Trinajstić information content (AvgIpc) is 2.86. The number of benzene rings is 1. The van der Waals surface area contributed by atoms with Crippen molar-refractivity contribution in [2.45, 2.75) is 25.7 Å². The van der Waals surface area contributed by atoms with E-state index in [1.807, 2.05) is 4.90 Å². The van der Waals surface area contributed by atoms with Gasteiger partial charge in [0.2, 0.25) is 5.43 Å². The second-order valence-electron chi connectivity index (χ2n) is 6.19. The second-order valence-corrected chi connectivity index (χ2v) is 6.19. The van der Waals surface area contributed by atoms with E-state index in [9.17, 15) is 9.18 Å². The zero-order valence-corrected chi connectivity index (χ0v) is 13.6. The predicted molar refractivity (Wildman–Crippen MR) is 92.3 cm³/mol. The zero-order valence-electron chi connectivity index (χ0n) is 13.6. The molecule has 24 heavy (non-hydrogen) atoms. The fourth-order valence-corrected chi connectivity index (χ4v) is 3.28. The van der Waals surface area contributed by atoms with Crippen LogP contribution in [-0.2, 0) is 7.05 Å². The van der Waals surface area contributed by atoms with Crippen molar-refractivity contribution in [3.05, 3.63) is 39.9 Å². The Labute approximate surface area is 139 Å². The molecule has 6 nitrogen and oxygen atoms in total. The van der Waals surface area contributed by atoms with E-state index >= 15 is 0 Å². The van der Waals surface area contributed by atoms with Crippen LogP contribution in [0.25, 0.3) is 10.9 Å². The molecular formula is C17H21FN4O2. The van der Waals surface area contributed by atoms with Gasteiger partial charge in [0.25, 0.3) is 0 Å². The molecule has 0 aliphatic carbocycles. The monoisotopic (exact) mass is 332 g/mol. The number of aromatic nitrogens is 1. The number of nitrogens with zero attached hydrogens (tertiary/aromatic N) is 3. The molecule has 2 heterocycles. The Morgan fingerprint density at radius 3 is 2.54 bits per heavy atom. The molecule has 1 saturated heterocycles. The lowest BCUT2D eigenvalue weighted by molar-refractivity contribution is 0.318. The number of halogens is 1. The maximum absolute atomic E-state index is 14.7. The summed E-state index contributed by atoms with van der Waals surface area (Å²) in [5.74, 6) is -0.701. The first-order valence-electron chi connectivity index (χ1n) is 8.08. The van der Waals surface area contributed by atoms with Crippen LogP contribution in [0.4, 0.5) is 10.1 Å². The summed E-state index contributed by atoms with van der Waals surface area (Å²) in [4.78, 5) is 14.6. The van der Waals surface area contributed by atoms with Gasteiger partial charge in [0.15, 0.2) is 5.84 Å². The predicted octanol–water partition coefficient (Wildman–Crippen LogP) is 2.15. The molecular weight excluding hydrogens is 311 g/mol. The van der Waals surface area contributed by atoms with Crippen LogP contribution in [0, 0.1) is 5.82 Å². The Morgan fingerprint density at radius 2 is 1.92 bits per heavy atom. The fourth-order valence-electron chi connectivity index (χ4n) is 3.28. The summed E-state index contributed by atoms with van der Waals surface area (Å²) in [6.45, 7) is 1.64. The van der Waals surface area contributed by atoms with Gasteiger partial charge in [-0.15, -0.1) is 0 Å². The van der Waals surface area contributed by atoms with Gasteiger partial charge in [0, 0.05) is 31.7 Å². The molecule has 1 aliphatic rings. The van der Waals surface area contributed by atoms with Gasteiger partial charge in [-0.05, 0) is 25.0 Å². The molecule has 1 aromatic heterocycles. The average molecular weight is 332 g/mol. The summed E-state index contributed by atoms with van der Waals surface area (Å²) in [7, 11) is 1.75. The highest BCUT2D eigenvalue weighted by atomic mass is 19.1. The van der Waals surface area contributed by atoms with Gasteiger partial charge in [0.1, 0.15) is 5.82 Å². The number of hydrogen-bond acceptors (Lipinski definition) is 4. The third kappa shape index (κ3) is 2.81. The van der Waals surface area contributed by atoms with Gasteiger partial charge in [0.05, 0.1) is 16.8 Å². The number of nitrogens with two attached hydrogens (primary N) is 1. The van der Waals surface area contributed by atoms with E-state index in [2.05, 4.69) is 5.16 Å². The number of fused-ring (bicyclic) bond motifs is 1. The lowest BCUT2D eigenvalue weighted by Gasteiger charge is -2.24. The molecule has 1 fully saturated rings. The number of hydrogen-bond donors (Lipinski definition) is 2. The van der Waals surface area contributed by atoms with E-state index in [4.69, 9.17) is 10.9 Å². The molecule has 3 N–H and O–H groups in total. The van der Waals surface area contributed by atoms with Crippen molar-refractivity contribution < 1.29 is 9.60 Å². The van der Waals surface area contributed by atoms with Crippen molar-refractivity contribution in [2.75, 3.05) is 18.0 Å². The normalized spacial score (nSPS) is 16.4. The minimum Gasteiger partial charge on any atom is -0.409 e. The van der Waals surface area contributed by atoms with Crippen LogP contribution in [0.15, 0.2) is 28.3 Å². The molecule has 1 aromatic carbocycles. The summed E-state index contributed by atoms with van der Waals surface area (Å²) < 4.78 is 16.4. The van der Waals surface area contributed by atoms with Crippen LogP contribution in [0.1, 0.15) is 31.2 Å². The third-order valence-corrected chi connectivity index (χ3v) is 4.59. The molecule has 128 valence electrons. The number of pyridine rings is 1. The maximum atomic E-state index is 14.7. The van der Waals surface area contributed by atoms with E-state index in [-0.39, 0.29) is 16.8 Å². The molecule has 0 saturated carbocycles. The maximum Gasteiger partial charge on any atom is 0.200 e. The van der Waals surface area contributed by atoms with Gasteiger partial charge in [-0.3, -0.25) is 4.79 Å². The van der Waals surface area contributed by atoms with E-state index in [0.717, 1.165) is 38.8 Å². The van der Waals surface area contributed by atoms with Crippen molar-refractivity contribution in [1.82, 2.24) is 4.57 Å². The summed E-state index contributed by atoms with van der Waals surface area (Å²) in [6.07, 6.45) is 5.90. The molecule has 3 rings (SSSR count). The van der Waals surface area contributed by atoms with Crippen LogP contribution in [-0.4, -0.2) is 28.7 Å². The van der Waals surface area contributed by atoms with Gasteiger partial charge in [-0.2, -0.15) is 0 Å². The minimum atomic E-state index is -0.445. The molecule has 2 aromatic rings. The van der Waals surface area contributed by atoms with Gasteiger partial charge in [-0.25, -0.2) is 4.39 Å². The summed E-state index contributed by atoms with van der Waals surface area (Å²) in [5, 5.41) is 11.9. The Kier molecular flexibility index (Phi) is 4.42. The largest absolute Gasteiger partial charge is 0.409 e. The van der Waals surface area contributed by atoms with Crippen molar-refractivity contribution in [2.24, 2.45) is 17.9 Å². The van der Waals surface area contributed by atoms with Crippen LogP contribution in [0.5, 0.6) is 0 Å². The Bertz CT molecular complexity index is 852. The van der Waals surface area contributed by atoms with Crippen molar-refractivity contribution in [1.29, 1.82) is 0 Å². The molecule has 0 atom stereocenters. The summed E-state index contributed by atoms with van der Waals surface area (Å²) in [6, 6.07) is 2.97. The molecule has 0 bridgehead atoms. The topological polar surface area (TPSA) is 83.9 Å². The number of anilines is 1. The quantitative estimate of drug-likeness (QED) is 0.382. The molecule has 1 aliphatic heterocycles. The smallest absolute Gasteiger partial charge is 0.200 e. The number of oxime groups is 1. The van der Waals surface area contributed by atoms with Gasteiger partial charge >= 0.3 is 0 Å². The molecule has 7 heteroatoms. The summed E-state index contributed by atoms with van der Waals surface area (Å²) >= 11 is 0. The lowest BCUT2D eigenvalue weighted by atomic mass is 10.1. The van der Waals surface area contributed by atoms with Gasteiger partial charge < -0.3 is 20.4 Å². The highest BCUT2D eigenvalue weighted by molar-refractivity contribution is 5.99. The van der Waals surface area contributed by atoms with Crippen LogP contribution in [0.2, 0.25) is 0 Å². The van der Waals surface area contributed by atoms with Crippen LogP contribution < -0.4 is 16.1 Å². The zero-order chi connectivity index (χ0) is 17.3. The second kappa shape index (κ2) is 6.51. The number of rotatable bonds is 2. The number of amidine groups is 1. The first-order chi connectivity index (χ1) is 11.5. The standard InChI is InChI=1S/C17H21FN4O2/c1-21-10-12(17(19)20-24)16(23)11-8-13(18)15(9-14(11)21)22-6-4-2-3-5-7-22/h8-10,24H,2-7H2,1H3,(H2,19,20). The SMILES string of the molecule is Cn1cc(C(N)=NO)c(=O)c2cc(F)c(N3CCCCCC3)cc21. The van der Waals surface area contributed by atoms with E-state index in [1.54, 1.807) is 17.7 Å². The molecule has 0 amide bonds. The summed E-state index contributed by atoms with van der Waals surface area (Å²) in [5.41, 5.74) is 6.29. The first kappa shape index (κ1) is 16.3. The highest BCUT2D eigenvalue weighted by Gasteiger charge is 2.18. The fraction of sp³-hybridized carbons (Fsp3) is 0.412. The Hall–Kier alpha value is -2.57. The van der Waals surface area contributed by atoms with Crippen molar-refractivity contribution >= 4 is 22.4 Å². The Balaban J connectivity index is 2.18. The first-order valence-corrected chi connectivity index (χ1v) is 8.08. The van der Waals surface area contributed by atoms with Gasteiger partial charge in [-0.1, -0.05) is 18.0 Å². The van der Waals surface area contributed by atoms with Crippen molar-refractivity contribution in [3.8, 4) is 0 Å². The van der Waals surface area contributed by atoms with Crippen molar-refractivity contribution in [3.63, 3.8) is 0 Å². The van der Waals surface area contributed by atoms with E-state index in [1.165, 1.54) is 12.3 Å². The number of aryl methyl sites for hydroxylation is 1. The lowest BCUT2D eigenvalue weighted by Crippen LogP contribution is -2.27. The Morgan fingerprint density at radius 1 is 1.25 bits per heavy atom. The van der Waals surface area contributed by atoms with E-state index < -0.39 is 11.2 Å². The highest BCUT2D eigenvalue weighted by Crippen LogP contribution is 2.27. The molecule has 0 radical (unpaired) electrons. The molecule has 0 unspecified atom stereocenters. The third-order valence-electron chi connectivity index (χ3n) is 4.59. The van der Waals surface area contributed by atoms with Crippen LogP contribution >= 0.6 is 0 Å². The van der Waals surface area contributed by atoms with Crippen LogP contribution in [0.3, 0.4) is 0 Å². The van der Waals surface area contributed by atoms with E-state index in [0.29, 0.717) is 11.2 Å². The minimum absolute atomic E-state index is 0.0504.